The monoisotopic (exact) mass is 327 g/mol. The Balaban J connectivity index is 2.02. The van der Waals surface area contributed by atoms with E-state index >= 15 is 0 Å². The molecule has 1 unspecified atom stereocenters. The molecule has 21 heavy (non-hydrogen) atoms. The second-order valence-corrected chi connectivity index (χ2v) is 6.22. The summed E-state index contributed by atoms with van der Waals surface area (Å²) in [5, 5.41) is 4.00. The van der Waals surface area contributed by atoms with E-state index in [2.05, 4.69) is 5.32 Å². The average Bonchev–Trinajstić information content (AvgIpc) is 2.43. The van der Waals surface area contributed by atoms with Crippen LogP contribution < -0.4 is 5.32 Å². The zero-order valence-corrected chi connectivity index (χ0v) is 13.1. The van der Waals surface area contributed by atoms with Gasteiger partial charge in [-0.3, -0.25) is 0 Å². The first-order chi connectivity index (χ1) is 10.0. The number of thioether (sulfide) groups is 1. The van der Waals surface area contributed by atoms with Crippen molar-refractivity contribution in [3.63, 3.8) is 0 Å². The summed E-state index contributed by atoms with van der Waals surface area (Å²) >= 11 is 6.42. The van der Waals surface area contributed by atoms with Crippen LogP contribution in [0.4, 0.5) is 14.5 Å². The zero-order chi connectivity index (χ0) is 15.2. The van der Waals surface area contributed by atoms with Crippen LogP contribution in [0.5, 0.6) is 0 Å². The Kier molecular flexibility index (Phi) is 5.88. The minimum Gasteiger partial charge on any atom is -0.381 e. The number of para-hydroxylation sites is 1. The van der Waals surface area contributed by atoms with Crippen molar-refractivity contribution in [2.75, 3.05) is 5.32 Å². The van der Waals surface area contributed by atoms with Crippen molar-refractivity contribution in [2.24, 2.45) is 0 Å². The maximum atomic E-state index is 12.5. The van der Waals surface area contributed by atoms with Gasteiger partial charge in [-0.1, -0.05) is 47.6 Å². The highest BCUT2D eigenvalue weighted by Gasteiger charge is 2.11. The van der Waals surface area contributed by atoms with Gasteiger partial charge in [-0.05, 0) is 43.2 Å². The molecule has 112 valence electrons. The molecule has 2 aromatic carbocycles. The van der Waals surface area contributed by atoms with Gasteiger partial charge in [-0.25, -0.2) is 0 Å². The van der Waals surface area contributed by atoms with E-state index in [1.807, 2.05) is 43.3 Å². The van der Waals surface area contributed by atoms with Crippen molar-refractivity contribution in [1.82, 2.24) is 0 Å². The number of hydrogen-bond donors (Lipinski definition) is 1. The second-order valence-electron chi connectivity index (χ2n) is 4.75. The normalized spacial score (nSPS) is 12.4. The Morgan fingerprint density at radius 1 is 1.10 bits per heavy atom. The number of hydrogen-bond acceptors (Lipinski definition) is 2. The number of alkyl halides is 2. The lowest BCUT2D eigenvalue weighted by molar-refractivity contribution is 0.252. The molecular weight excluding hydrogens is 312 g/mol. The van der Waals surface area contributed by atoms with Crippen molar-refractivity contribution in [2.45, 2.75) is 30.0 Å². The van der Waals surface area contributed by atoms with Gasteiger partial charge in [-0.15, -0.1) is 0 Å². The molecule has 2 aromatic rings. The zero-order valence-electron chi connectivity index (χ0n) is 11.5. The molecule has 0 saturated carbocycles. The van der Waals surface area contributed by atoms with Crippen LogP contribution in [0.15, 0.2) is 53.4 Å². The Morgan fingerprint density at radius 2 is 1.76 bits per heavy atom. The van der Waals surface area contributed by atoms with Gasteiger partial charge in [0.05, 0.1) is 0 Å². The lowest BCUT2D eigenvalue weighted by atomic mass is 10.1. The lowest BCUT2D eigenvalue weighted by Gasteiger charge is -2.18. The van der Waals surface area contributed by atoms with Gasteiger partial charge in [-0.2, -0.15) is 8.78 Å². The van der Waals surface area contributed by atoms with Crippen LogP contribution in [0.3, 0.4) is 0 Å². The Morgan fingerprint density at radius 3 is 2.43 bits per heavy atom. The highest BCUT2D eigenvalue weighted by molar-refractivity contribution is 7.99. The van der Waals surface area contributed by atoms with Crippen LogP contribution in [0.1, 0.15) is 12.5 Å². The summed E-state index contributed by atoms with van der Waals surface area (Å²) in [5.74, 6) is -2.42. The van der Waals surface area contributed by atoms with Crippen molar-refractivity contribution in [3.05, 3.63) is 59.1 Å². The number of benzene rings is 2. The van der Waals surface area contributed by atoms with Gasteiger partial charge in [0.2, 0.25) is 0 Å². The fraction of sp³-hybridized carbons (Fsp3) is 0.250. The fourth-order valence-corrected chi connectivity index (χ4v) is 2.80. The number of rotatable bonds is 6. The molecule has 0 aliphatic rings. The molecule has 0 aliphatic carbocycles. The topological polar surface area (TPSA) is 12.0 Å². The lowest BCUT2D eigenvalue weighted by Crippen LogP contribution is -2.18. The van der Waals surface area contributed by atoms with Crippen molar-refractivity contribution >= 4 is 29.1 Å². The molecule has 0 bridgehead atoms. The SMILES string of the molecule is CC(Cc1ccc(Cl)cc1)Nc1ccccc1SC(F)F. The first-order valence-electron chi connectivity index (χ1n) is 6.59. The molecule has 2 rings (SSSR count). The maximum absolute atomic E-state index is 12.5. The highest BCUT2D eigenvalue weighted by Crippen LogP contribution is 2.32. The van der Waals surface area contributed by atoms with Gasteiger partial charge in [0.1, 0.15) is 0 Å². The van der Waals surface area contributed by atoms with Crippen molar-refractivity contribution < 1.29 is 8.78 Å². The molecular formula is C16H16ClF2NS. The molecule has 0 aliphatic heterocycles. The smallest absolute Gasteiger partial charge is 0.288 e. The summed E-state index contributed by atoms with van der Waals surface area (Å²) in [6.45, 7) is 2.03. The van der Waals surface area contributed by atoms with Crippen LogP contribution in [0, 0.1) is 0 Å². The van der Waals surface area contributed by atoms with Crippen LogP contribution in [0.2, 0.25) is 5.02 Å². The third-order valence-corrected chi connectivity index (χ3v) is 4.00. The van der Waals surface area contributed by atoms with Crippen molar-refractivity contribution in [1.29, 1.82) is 0 Å². The fourth-order valence-electron chi connectivity index (χ4n) is 2.08. The van der Waals surface area contributed by atoms with Gasteiger partial charge in [0.25, 0.3) is 5.76 Å². The van der Waals surface area contributed by atoms with Crippen molar-refractivity contribution in [3.8, 4) is 0 Å². The van der Waals surface area contributed by atoms with Crippen LogP contribution in [-0.4, -0.2) is 11.8 Å². The van der Waals surface area contributed by atoms with E-state index < -0.39 is 5.76 Å². The summed E-state index contributed by atoms with van der Waals surface area (Å²) in [6, 6.07) is 14.9. The third kappa shape index (κ3) is 5.21. The number of anilines is 1. The Bertz CT molecular complexity index is 575. The van der Waals surface area contributed by atoms with E-state index in [0.717, 1.165) is 17.7 Å². The Labute approximate surface area is 132 Å². The largest absolute Gasteiger partial charge is 0.381 e. The number of halogens is 3. The van der Waals surface area contributed by atoms with E-state index in [1.165, 1.54) is 0 Å². The van der Waals surface area contributed by atoms with Crippen LogP contribution >= 0.6 is 23.4 Å². The molecule has 0 spiro atoms. The molecule has 0 saturated heterocycles. The second kappa shape index (κ2) is 7.66. The van der Waals surface area contributed by atoms with Gasteiger partial charge >= 0.3 is 0 Å². The molecule has 1 nitrogen and oxygen atoms in total. The quantitative estimate of drug-likeness (QED) is 0.683. The molecule has 0 heterocycles. The molecule has 0 radical (unpaired) electrons. The predicted octanol–water partition coefficient (Wildman–Crippen LogP) is 5.70. The van der Waals surface area contributed by atoms with E-state index in [-0.39, 0.29) is 6.04 Å². The molecule has 1 atom stereocenters. The highest BCUT2D eigenvalue weighted by atomic mass is 35.5. The van der Waals surface area contributed by atoms with Crippen LogP contribution in [0.25, 0.3) is 0 Å². The first-order valence-corrected chi connectivity index (χ1v) is 7.85. The van der Waals surface area contributed by atoms with Gasteiger partial charge < -0.3 is 5.32 Å². The average molecular weight is 328 g/mol. The predicted molar refractivity (Wildman–Crippen MR) is 86.5 cm³/mol. The molecule has 1 N–H and O–H groups in total. The summed E-state index contributed by atoms with van der Waals surface area (Å²) in [6.07, 6.45) is 0.796. The summed E-state index contributed by atoms with van der Waals surface area (Å²) in [5.41, 5.74) is 1.89. The molecule has 0 fully saturated rings. The molecule has 5 heteroatoms. The van der Waals surface area contributed by atoms with Gasteiger partial charge in [0, 0.05) is 21.6 Å². The molecule has 0 amide bonds. The van der Waals surface area contributed by atoms with Gasteiger partial charge in [0.15, 0.2) is 0 Å². The number of nitrogens with one attached hydrogen (secondary N) is 1. The van der Waals surface area contributed by atoms with E-state index in [1.54, 1.807) is 12.1 Å². The van der Waals surface area contributed by atoms with Crippen LogP contribution in [-0.2, 0) is 6.42 Å². The summed E-state index contributed by atoms with van der Waals surface area (Å²) in [7, 11) is 0. The Hall–Kier alpha value is -1.26. The summed E-state index contributed by atoms with van der Waals surface area (Å²) < 4.78 is 25.1. The van der Waals surface area contributed by atoms with E-state index in [9.17, 15) is 8.78 Å². The molecule has 0 aromatic heterocycles. The minimum atomic E-state index is -2.42. The van der Waals surface area contributed by atoms with E-state index in [0.29, 0.717) is 21.7 Å². The van der Waals surface area contributed by atoms with E-state index in [4.69, 9.17) is 11.6 Å². The first kappa shape index (κ1) is 16.1. The third-order valence-electron chi connectivity index (χ3n) is 2.96. The standard InChI is InChI=1S/C16H16ClF2NS/c1-11(10-12-6-8-13(17)9-7-12)20-14-4-2-3-5-15(14)21-16(18)19/h2-9,11,16,20H,10H2,1H3. The maximum Gasteiger partial charge on any atom is 0.288 e. The summed E-state index contributed by atoms with van der Waals surface area (Å²) in [4.78, 5) is 0.565. The minimum absolute atomic E-state index is 0.130.